The molecule has 0 fully saturated rings. The number of carbonyl (C=O) groups excluding carboxylic acids is 1. The Labute approximate surface area is 120 Å². The van der Waals surface area contributed by atoms with E-state index in [4.69, 9.17) is 0 Å². The summed E-state index contributed by atoms with van der Waals surface area (Å²) >= 11 is 0. The van der Waals surface area contributed by atoms with Crippen LogP contribution in [-0.4, -0.2) is 11.4 Å². The van der Waals surface area contributed by atoms with Crippen molar-refractivity contribution >= 4 is 5.91 Å². The minimum Gasteiger partial charge on any atom is -0.347 e. The van der Waals surface area contributed by atoms with Gasteiger partial charge in [-0.2, -0.15) is 0 Å². The largest absolute Gasteiger partial charge is 0.347 e. The fourth-order valence-electron chi connectivity index (χ4n) is 2.12. The molecule has 0 unspecified atom stereocenters. The van der Waals surface area contributed by atoms with Crippen LogP contribution in [0.15, 0.2) is 48.5 Å². The minimum absolute atomic E-state index is 0.0277. The number of carbonyl (C=O) groups is 1. The smallest absolute Gasteiger partial charge is 0.252 e. The van der Waals surface area contributed by atoms with Gasteiger partial charge in [0.05, 0.1) is 0 Å². The van der Waals surface area contributed by atoms with Gasteiger partial charge in [0.25, 0.3) is 5.91 Å². The van der Waals surface area contributed by atoms with Gasteiger partial charge in [-0.3, -0.25) is 4.79 Å². The van der Waals surface area contributed by atoms with Crippen molar-refractivity contribution in [3.05, 3.63) is 59.7 Å². The van der Waals surface area contributed by atoms with Crippen molar-refractivity contribution in [1.29, 1.82) is 0 Å². The molecule has 1 N–H and O–H groups in total. The lowest BCUT2D eigenvalue weighted by Gasteiger charge is -2.22. The molecule has 0 atom stereocenters. The molecule has 2 nitrogen and oxygen atoms in total. The van der Waals surface area contributed by atoms with Crippen LogP contribution in [-0.2, 0) is 0 Å². The molecule has 2 heteroatoms. The summed E-state index contributed by atoms with van der Waals surface area (Å²) in [6, 6.07) is 16.0. The van der Waals surface area contributed by atoms with Gasteiger partial charge in [0.2, 0.25) is 0 Å². The van der Waals surface area contributed by atoms with Crippen LogP contribution < -0.4 is 5.32 Å². The Hall–Kier alpha value is -2.09. The summed E-state index contributed by atoms with van der Waals surface area (Å²) in [5, 5.41) is 3.03. The second kappa shape index (κ2) is 5.49. The second-order valence-electron chi connectivity index (χ2n) is 6.12. The van der Waals surface area contributed by atoms with Crippen molar-refractivity contribution in [2.24, 2.45) is 0 Å². The molecule has 2 rings (SSSR count). The highest BCUT2D eigenvalue weighted by Crippen LogP contribution is 2.25. The first-order valence-electron chi connectivity index (χ1n) is 6.85. The Balaban J connectivity index is 2.47. The SMILES string of the molecule is Cc1ccc(-c2ccccc2)c(C(=O)NC(C)(C)C)c1. The molecule has 104 valence electrons. The maximum absolute atomic E-state index is 12.5. The Bertz CT molecular complexity index is 609. The fraction of sp³-hybridized carbons (Fsp3) is 0.278. The van der Waals surface area contributed by atoms with Crippen LogP contribution in [0.1, 0.15) is 36.7 Å². The zero-order valence-corrected chi connectivity index (χ0v) is 12.5. The molecule has 0 bridgehead atoms. The molecule has 0 saturated heterocycles. The Morgan fingerprint density at radius 1 is 1.00 bits per heavy atom. The van der Waals surface area contributed by atoms with Gasteiger partial charge in [-0.05, 0) is 44.9 Å². The Morgan fingerprint density at radius 2 is 1.65 bits per heavy atom. The third-order valence-electron chi connectivity index (χ3n) is 2.99. The summed E-state index contributed by atoms with van der Waals surface area (Å²) in [6.45, 7) is 7.97. The number of aryl methyl sites for hydroxylation is 1. The molecule has 0 radical (unpaired) electrons. The van der Waals surface area contributed by atoms with Gasteiger partial charge in [-0.15, -0.1) is 0 Å². The maximum Gasteiger partial charge on any atom is 0.252 e. The van der Waals surface area contributed by atoms with E-state index in [-0.39, 0.29) is 11.4 Å². The standard InChI is InChI=1S/C18H21NO/c1-13-10-11-15(14-8-6-5-7-9-14)16(12-13)17(20)19-18(2,3)4/h5-12H,1-4H3,(H,19,20). The molecule has 20 heavy (non-hydrogen) atoms. The number of amides is 1. The number of benzene rings is 2. The van der Waals surface area contributed by atoms with Gasteiger partial charge in [0, 0.05) is 11.1 Å². The van der Waals surface area contributed by atoms with Gasteiger partial charge >= 0.3 is 0 Å². The van der Waals surface area contributed by atoms with E-state index in [0.29, 0.717) is 0 Å². The average Bonchev–Trinajstić information content (AvgIpc) is 2.37. The predicted molar refractivity (Wildman–Crippen MR) is 83.8 cm³/mol. The maximum atomic E-state index is 12.5. The molecular weight excluding hydrogens is 246 g/mol. The zero-order valence-electron chi connectivity index (χ0n) is 12.5. The summed E-state index contributed by atoms with van der Waals surface area (Å²) in [6.07, 6.45) is 0. The first-order valence-corrected chi connectivity index (χ1v) is 6.85. The van der Waals surface area contributed by atoms with E-state index in [1.165, 1.54) is 0 Å². The van der Waals surface area contributed by atoms with Crippen molar-refractivity contribution in [3.63, 3.8) is 0 Å². The molecule has 0 spiro atoms. The quantitative estimate of drug-likeness (QED) is 0.868. The third-order valence-corrected chi connectivity index (χ3v) is 2.99. The molecule has 2 aromatic carbocycles. The highest BCUT2D eigenvalue weighted by molar-refractivity contribution is 6.01. The minimum atomic E-state index is -0.241. The van der Waals surface area contributed by atoms with Crippen molar-refractivity contribution in [2.45, 2.75) is 33.2 Å². The highest BCUT2D eigenvalue weighted by atomic mass is 16.1. The lowest BCUT2D eigenvalue weighted by molar-refractivity contribution is 0.0920. The van der Waals surface area contributed by atoms with E-state index < -0.39 is 0 Å². The summed E-state index contributed by atoms with van der Waals surface area (Å²) in [5.74, 6) is -0.0277. The number of hydrogen-bond acceptors (Lipinski definition) is 1. The van der Waals surface area contributed by atoms with E-state index in [2.05, 4.69) is 5.32 Å². The highest BCUT2D eigenvalue weighted by Gasteiger charge is 2.18. The Kier molecular flexibility index (Phi) is 3.93. The van der Waals surface area contributed by atoms with Gasteiger partial charge < -0.3 is 5.32 Å². The van der Waals surface area contributed by atoms with Gasteiger partial charge in [0.1, 0.15) is 0 Å². The third kappa shape index (κ3) is 3.47. The van der Waals surface area contributed by atoms with Gasteiger partial charge in [-0.25, -0.2) is 0 Å². The summed E-state index contributed by atoms with van der Waals surface area (Å²) < 4.78 is 0. The van der Waals surface area contributed by atoms with Gasteiger partial charge in [0.15, 0.2) is 0 Å². The Morgan fingerprint density at radius 3 is 2.25 bits per heavy atom. The summed E-state index contributed by atoms with van der Waals surface area (Å²) in [5.41, 5.74) is 3.61. The van der Waals surface area contributed by atoms with E-state index in [0.717, 1.165) is 22.3 Å². The lowest BCUT2D eigenvalue weighted by atomic mass is 9.96. The monoisotopic (exact) mass is 267 g/mol. The van der Waals surface area contributed by atoms with Crippen molar-refractivity contribution < 1.29 is 4.79 Å². The van der Waals surface area contributed by atoms with Crippen molar-refractivity contribution in [2.75, 3.05) is 0 Å². The number of hydrogen-bond donors (Lipinski definition) is 1. The fourth-order valence-corrected chi connectivity index (χ4v) is 2.12. The number of nitrogens with one attached hydrogen (secondary N) is 1. The van der Waals surface area contributed by atoms with Crippen LogP contribution in [0.5, 0.6) is 0 Å². The topological polar surface area (TPSA) is 29.1 Å². The average molecular weight is 267 g/mol. The zero-order chi connectivity index (χ0) is 14.8. The van der Waals surface area contributed by atoms with Crippen LogP contribution in [0, 0.1) is 6.92 Å². The first-order chi connectivity index (χ1) is 9.37. The molecule has 0 heterocycles. The van der Waals surface area contributed by atoms with Crippen LogP contribution in [0.3, 0.4) is 0 Å². The molecule has 0 aliphatic carbocycles. The molecule has 0 aromatic heterocycles. The van der Waals surface area contributed by atoms with Crippen LogP contribution in [0.2, 0.25) is 0 Å². The van der Waals surface area contributed by atoms with Crippen molar-refractivity contribution in [3.8, 4) is 11.1 Å². The van der Waals surface area contributed by atoms with Gasteiger partial charge in [-0.1, -0.05) is 48.0 Å². The number of rotatable bonds is 2. The summed E-state index contributed by atoms with van der Waals surface area (Å²) in [4.78, 5) is 12.5. The first kappa shape index (κ1) is 14.3. The second-order valence-corrected chi connectivity index (χ2v) is 6.12. The van der Waals surface area contributed by atoms with E-state index >= 15 is 0 Å². The van der Waals surface area contributed by atoms with E-state index in [1.807, 2.05) is 76.2 Å². The van der Waals surface area contributed by atoms with E-state index in [1.54, 1.807) is 0 Å². The molecule has 2 aromatic rings. The summed E-state index contributed by atoms with van der Waals surface area (Å²) in [7, 11) is 0. The van der Waals surface area contributed by atoms with Crippen LogP contribution in [0.25, 0.3) is 11.1 Å². The van der Waals surface area contributed by atoms with Crippen LogP contribution >= 0.6 is 0 Å². The van der Waals surface area contributed by atoms with E-state index in [9.17, 15) is 4.79 Å². The normalized spacial score (nSPS) is 11.2. The molecule has 0 saturated carbocycles. The molecular formula is C18H21NO. The lowest BCUT2D eigenvalue weighted by Crippen LogP contribution is -2.40. The predicted octanol–water partition coefficient (Wildman–Crippen LogP) is 4.19. The van der Waals surface area contributed by atoms with Crippen molar-refractivity contribution in [1.82, 2.24) is 5.32 Å². The van der Waals surface area contributed by atoms with Crippen LogP contribution in [0.4, 0.5) is 0 Å². The molecule has 0 aliphatic heterocycles. The molecule has 1 amide bonds. The molecule has 0 aliphatic rings.